The molecule has 2 aliphatic heterocycles. The molecular formula is C18H27N3O3. The van der Waals surface area contributed by atoms with Crippen LogP contribution in [0.15, 0.2) is 18.2 Å². The van der Waals surface area contributed by atoms with E-state index >= 15 is 0 Å². The Morgan fingerprint density at radius 3 is 2.58 bits per heavy atom. The Labute approximate surface area is 143 Å². The molecule has 132 valence electrons. The second-order valence-electron chi connectivity index (χ2n) is 6.68. The minimum absolute atomic E-state index is 0.0840. The molecule has 0 aliphatic carbocycles. The van der Waals surface area contributed by atoms with E-state index in [0.29, 0.717) is 32.6 Å². The summed E-state index contributed by atoms with van der Waals surface area (Å²) < 4.78 is 10.8. The summed E-state index contributed by atoms with van der Waals surface area (Å²) in [4.78, 5) is 14.8. The SMILES string of the molecule is Cc1ccc(CNC(=O)C2(N)CCOCC2)c(N2CCOCC2)c1. The molecule has 0 bridgehead atoms. The number of hydrogen-bond acceptors (Lipinski definition) is 5. The summed E-state index contributed by atoms with van der Waals surface area (Å²) in [5.41, 5.74) is 8.96. The van der Waals surface area contributed by atoms with Crippen molar-refractivity contribution in [3.05, 3.63) is 29.3 Å². The highest BCUT2D eigenvalue weighted by atomic mass is 16.5. The average Bonchev–Trinajstić information content (AvgIpc) is 2.61. The molecule has 3 rings (SSSR count). The Morgan fingerprint density at radius 2 is 1.88 bits per heavy atom. The van der Waals surface area contributed by atoms with E-state index in [0.717, 1.165) is 31.9 Å². The van der Waals surface area contributed by atoms with E-state index in [2.05, 4.69) is 35.3 Å². The van der Waals surface area contributed by atoms with Crippen molar-refractivity contribution >= 4 is 11.6 Å². The molecule has 0 unspecified atom stereocenters. The summed E-state index contributed by atoms with van der Waals surface area (Å²) in [5, 5.41) is 3.03. The van der Waals surface area contributed by atoms with Crippen molar-refractivity contribution in [1.29, 1.82) is 0 Å². The lowest BCUT2D eigenvalue weighted by molar-refractivity contribution is -0.129. The van der Waals surface area contributed by atoms with Gasteiger partial charge in [0.15, 0.2) is 0 Å². The van der Waals surface area contributed by atoms with Crippen LogP contribution in [0.5, 0.6) is 0 Å². The molecule has 2 aliphatic rings. The van der Waals surface area contributed by atoms with Crippen molar-refractivity contribution < 1.29 is 14.3 Å². The van der Waals surface area contributed by atoms with Gasteiger partial charge in [0.1, 0.15) is 0 Å². The van der Waals surface area contributed by atoms with Gasteiger partial charge < -0.3 is 25.4 Å². The zero-order valence-electron chi connectivity index (χ0n) is 14.3. The van der Waals surface area contributed by atoms with Crippen molar-refractivity contribution in [3.63, 3.8) is 0 Å². The van der Waals surface area contributed by atoms with Gasteiger partial charge in [-0.2, -0.15) is 0 Å². The van der Waals surface area contributed by atoms with Crippen LogP contribution in [0.2, 0.25) is 0 Å². The molecule has 6 heteroatoms. The lowest BCUT2D eigenvalue weighted by Crippen LogP contribution is -2.56. The summed E-state index contributed by atoms with van der Waals surface area (Å²) >= 11 is 0. The van der Waals surface area contributed by atoms with Crippen LogP contribution in [-0.2, 0) is 20.8 Å². The number of ether oxygens (including phenoxy) is 2. The summed E-state index contributed by atoms with van der Waals surface area (Å²) in [7, 11) is 0. The highest BCUT2D eigenvalue weighted by Crippen LogP contribution is 2.24. The van der Waals surface area contributed by atoms with Crippen molar-refractivity contribution in [2.75, 3.05) is 44.4 Å². The predicted molar refractivity (Wildman–Crippen MR) is 93.0 cm³/mol. The Hall–Kier alpha value is -1.63. The van der Waals surface area contributed by atoms with E-state index in [1.165, 1.54) is 11.3 Å². The fraction of sp³-hybridized carbons (Fsp3) is 0.611. The third-order valence-corrected chi connectivity index (χ3v) is 4.87. The number of hydrogen-bond donors (Lipinski definition) is 2. The van der Waals surface area contributed by atoms with E-state index in [9.17, 15) is 4.79 Å². The van der Waals surface area contributed by atoms with Crippen molar-refractivity contribution in [2.45, 2.75) is 31.8 Å². The second-order valence-corrected chi connectivity index (χ2v) is 6.68. The van der Waals surface area contributed by atoms with Crippen LogP contribution in [0.4, 0.5) is 5.69 Å². The third-order valence-electron chi connectivity index (χ3n) is 4.87. The van der Waals surface area contributed by atoms with Crippen LogP contribution < -0.4 is 16.0 Å². The summed E-state index contributed by atoms with van der Waals surface area (Å²) in [6.45, 7) is 6.91. The molecule has 0 spiro atoms. The monoisotopic (exact) mass is 333 g/mol. The van der Waals surface area contributed by atoms with E-state index < -0.39 is 5.54 Å². The predicted octanol–water partition coefficient (Wildman–Crippen LogP) is 0.956. The zero-order valence-corrected chi connectivity index (χ0v) is 14.3. The van der Waals surface area contributed by atoms with Crippen LogP contribution in [0.3, 0.4) is 0 Å². The largest absolute Gasteiger partial charge is 0.381 e. The van der Waals surface area contributed by atoms with Gasteiger partial charge in [0, 0.05) is 38.5 Å². The van der Waals surface area contributed by atoms with Crippen LogP contribution in [0, 0.1) is 6.92 Å². The fourth-order valence-electron chi connectivity index (χ4n) is 3.24. The van der Waals surface area contributed by atoms with E-state index in [1.54, 1.807) is 0 Å². The first-order valence-corrected chi connectivity index (χ1v) is 8.66. The number of rotatable bonds is 4. The van der Waals surface area contributed by atoms with Gasteiger partial charge in [-0.3, -0.25) is 4.79 Å². The highest BCUT2D eigenvalue weighted by molar-refractivity contribution is 5.86. The van der Waals surface area contributed by atoms with Crippen molar-refractivity contribution in [1.82, 2.24) is 5.32 Å². The Kier molecular flexibility index (Phi) is 5.38. The first kappa shape index (κ1) is 17.2. The number of carbonyl (C=O) groups excluding carboxylic acids is 1. The van der Waals surface area contributed by atoms with Gasteiger partial charge in [-0.15, -0.1) is 0 Å². The summed E-state index contributed by atoms with van der Waals surface area (Å²) in [6.07, 6.45) is 1.14. The number of aryl methyl sites for hydroxylation is 1. The summed E-state index contributed by atoms with van der Waals surface area (Å²) in [6, 6.07) is 6.35. The van der Waals surface area contributed by atoms with Gasteiger partial charge in [0.05, 0.1) is 18.8 Å². The molecule has 0 atom stereocenters. The van der Waals surface area contributed by atoms with Gasteiger partial charge in [-0.25, -0.2) is 0 Å². The number of carbonyl (C=O) groups is 1. The fourth-order valence-corrected chi connectivity index (χ4v) is 3.24. The average molecular weight is 333 g/mol. The number of nitrogens with one attached hydrogen (secondary N) is 1. The third kappa shape index (κ3) is 3.88. The minimum Gasteiger partial charge on any atom is -0.381 e. The zero-order chi connectivity index (χ0) is 17.0. The van der Waals surface area contributed by atoms with E-state index in [4.69, 9.17) is 15.2 Å². The van der Waals surface area contributed by atoms with Crippen LogP contribution in [-0.4, -0.2) is 51.0 Å². The molecule has 1 aromatic carbocycles. The van der Waals surface area contributed by atoms with Gasteiger partial charge in [-0.1, -0.05) is 12.1 Å². The molecule has 1 amide bonds. The number of nitrogens with zero attached hydrogens (tertiary/aromatic N) is 1. The van der Waals surface area contributed by atoms with Crippen LogP contribution in [0.25, 0.3) is 0 Å². The maximum absolute atomic E-state index is 12.5. The minimum atomic E-state index is -0.803. The molecule has 24 heavy (non-hydrogen) atoms. The summed E-state index contributed by atoms with van der Waals surface area (Å²) in [5.74, 6) is -0.0840. The lowest BCUT2D eigenvalue weighted by atomic mass is 9.90. The number of nitrogens with two attached hydrogens (primary N) is 1. The Morgan fingerprint density at radius 1 is 1.21 bits per heavy atom. The van der Waals surface area contributed by atoms with Gasteiger partial charge >= 0.3 is 0 Å². The number of anilines is 1. The quantitative estimate of drug-likeness (QED) is 0.858. The standard InChI is InChI=1S/C18H27N3O3/c1-14-2-3-15(16(12-14)21-6-10-24-11-7-21)13-20-17(22)18(19)4-8-23-9-5-18/h2-3,12H,4-11,13,19H2,1H3,(H,20,22). The highest BCUT2D eigenvalue weighted by Gasteiger charge is 2.35. The first-order valence-electron chi connectivity index (χ1n) is 8.66. The molecule has 1 aromatic rings. The smallest absolute Gasteiger partial charge is 0.240 e. The second kappa shape index (κ2) is 7.51. The maximum atomic E-state index is 12.5. The number of benzene rings is 1. The van der Waals surface area contributed by atoms with Crippen molar-refractivity contribution in [3.8, 4) is 0 Å². The molecule has 6 nitrogen and oxygen atoms in total. The Balaban J connectivity index is 1.69. The molecule has 2 fully saturated rings. The molecule has 3 N–H and O–H groups in total. The van der Waals surface area contributed by atoms with Crippen LogP contribution >= 0.6 is 0 Å². The lowest BCUT2D eigenvalue weighted by Gasteiger charge is -2.33. The van der Waals surface area contributed by atoms with Gasteiger partial charge in [-0.05, 0) is 37.0 Å². The first-order chi connectivity index (χ1) is 11.6. The van der Waals surface area contributed by atoms with E-state index in [-0.39, 0.29) is 5.91 Å². The molecule has 0 radical (unpaired) electrons. The Bertz CT molecular complexity index is 579. The number of amides is 1. The molecule has 2 heterocycles. The van der Waals surface area contributed by atoms with Crippen molar-refractivity contribution in [2.24, 2.45) is 5.73 Å². The van der Waals surface area contributed by atoms with E-state index in [1.807, 2.05) is 0 Å². The molecule has 0 aromatic heterocycles. The normalized spacial score (nSPS) is 20.7. The van der Waals surface area contributed by atoms with Gasteiger partial charge in [0.25, 0.3) is 0 Å². The molecule has 2 saturated heterocycles. The maximum Gasteiger partial charge on any atom is 0.240 e. The molecular weight excluding hydrogens is 306 g/mol. The number of morpholine rings is 1. The topological polar surface area (TPSA) is 76.8 Å². The van der Waals surface area contributed by atoms with Crippen LogP contribution in [0.1, 0.15) is 24.0 Å². The van der Waals surface area contributed by atoms with Gasteiger partial charge in [0.2, 0.25) is 5.91 Å². The molecule has 0 saturated carbocycles.